The van der Waals surface area contributed by atoms with Crippen molar-refractivity contribution >= 4 is 11.8 Å². The van der Waals surface area contributed by atoms with Gasteiger partial charge in [-0.3, -0.25) is 19.0 Å². The van der Waals surface area contributed by atoms with Crippen molar-refractivity contribution in [3.63, 3.8) is 0 Å². The van der Waals surface area contributed by atoms with Gasteiger partial charge in [0.25, 0.3) is 11.5 Å². The minimum Gasteiger partial charge on any atom is -0.387 e. The first-order chi connectivity index (χ1) is 14.9. The van der Waals surface area contributed by atoms with Gasteiger partial charge in [0.2, 0.25) is 5.91 Å². The van der Waals surface area contributed by atoms with Crippen molar-refractivity contribution in [3.05, 3.63) is 63.3 Å². The maximum Gasteiger partial charge on any atom is 0.268 e. The molecule has 164 valence electrons. The van der Waals surface area contributed by atoms with Gasteiger partial charge in [-0.2, -0.15) is 0 Å². The highest BCUT2D eigenvalue weighted by atomic mass is 19.1. The number of hydrogen-bond donors (Lipinski definition) is 1. The second-order valence-corrected chi connectivity index (χ2v) is 8.09. The van der Waals surface area contributed by atoms with Crippen LogP contribution < -0.4 is 5.56 Å². The number of fused-ring (bicyclic) bond motifs is 1. The maximum absolute atomic E-state index is 13.6. The molecule has 1 fully saturated rings. The van der Waals surface area contributed by atoms with E-state index in [1.165, 1.54) is 33.7 Å². The van der Waals surface area contributed by atoms with Crippen LogP contribution in [0.2, 0.25) is 0 Å². The van der Waals surface area contributed by atoms with Crippen molar-refractivity contribution in [2.24, 2.45) is 0 Å². The first kappa shape index (κ1) is 21.2. The number of hydrogen-bond acceptors (Lipinski definition) is 4. The van der Waals surface area contributed by atoms with E-state index in [1.807, 2.05) is 6.92 Å². The van der Waals surface area contributed by atoms with Crippen molar-refractivity contribution in [2.45, 2.75) is 45.2 Å². The Balaban J connectivity index is 1.86. The van der Waals surface area contributed by atoms with Crippen LogP contribution in [0.3, 0.4) is 0 Å². The normalized spacial score (nSPS) is 18.2. The van der Waals surface area contributed by atoms with Gasteiger partial charge in [0, 0.05) is 37.6 Å². The first-order valence-electron chi connectivity index (χ1n) is 10.7. The molecule has 0 radical (unpaired) electrons. The number of pyridine rings is 1. The Morgan fingerprint density at radius 2 is 1.94 bits per heavy atom. The topological polar surface area (TPSA) is 82.9 Å². The van der Waals surface area contributed by atoms with E-state index < -0.39 is 23.9 Å². The van der Waals surface area contributed by atoms with E-state index in [2.05, 4.69) is 0 Å². The Hall–Kier alpha value is -3.00. The van der Waals surface area contributed by atoms with Crippen molar-refractivity contribution in [1.82, 2.24) is 14.4 Å². The molecule has 7 nitrogen and oxygen atoms in total. The van der Waals surface area contributed by atoms with Crippen LogP contribution in [0.25, 0.3) is 5.69 Å². The number of aliphatic hydroxyl groups excluding tert-OH is 1. The van der Waals surface area contributed by atoms with Gasteiger partial charge in [0.05, 0.1) is 0 Å². The van der Waals surface area contributed by atoms with Gasteiger partial charge in [-0.1, -0.05) is 6.92 Å². The van der Waals surface area contributed by atoms with Gasteiger partial charge in [-0.25, -0.2) is 4.39 Å². The van der Waals surface area contributed by atoms with Crippen LogP contribution in [0.4, 0.5) is 4.39 Å². The summed E-state index contributed by atoms with van der Waals surface area (Å²) < 4.78 is 14.8. The monoisotopic (exact) mass is 427 g/mol. The van der Waals surface area contributed by atoms with Gasteiger partial charge in [0.15, 0.2) is 0 Å². The van der Waals surface area contributed by atoms with Crippen LogP contribution in [0.15, 0.2) is 35.3 Å². The van der Waals surface area contributed by atoms with E-state index in [0.717, 1.165) is 19.3 Å². The number of rotatable bonds is 4. The van der Waals surface area contributed by atoms with Gasteiger partial charge in [-0.05, 0) is 61.1 Å². The van der Waals surface area contributed by atoms with Crippen molar-refractivity contribution in [3.8, 4) is 5.69 Å². The lowest BCUT2D eigenvalue weighted by molar-refractivity contribution is -0.135. The molecule has 8 heteroatoms. The second kappa shape index (κ2) is 8.63. The quantitative estimate of drug-likeness (QED) is 0.808. The Morgan fingerprint density at radius 3 is 2.61 bits per heavy atom. The number of aromatic nitrogens is 1. The molecule has 2 aliphatic rings. The average molecular weight is 427 g/mol. The lowest BCUT2D eigenvalue weighted by Gasteiger charge is -2.31. The number of aliphatic hydroxyl groups is 1. The molecule has 1 atom stereocenters. The summed E-state index contributed by atoms with van der Waals surface area (Å²) in [7, 11) is 0. The summed E-state index contributed by atoms with van der Waals surface area (Å²) in [5.41, 5.74) is 1.50. The van der Waals surface area contributed by atoms with Gasteiger partial charge in [-0.15, -0.1) is 0 Å². The standard InChI is InChI=1S/C23H26FN3O4/c1-2-17-4-3-10-26(17)22(30)21-19-9-11-25(20(29)14-28)12-15(19)13-27(23(21)31)18-7-5-16(24)6-8-18/h5-8,13,17,28H,2-4,9-12,14H2,1H3. The fourth-order valence-corrected chi connectivity index (χ4v) is 4.65. The fraction of sp³-hybridized carbons (Fsp3) is 0.435. The summed E-state index contributed by atoms with van der Waals surface area (Å²) in [5, 5.41) is 9.24. The summed E-state index contributed by atoms with van der Waals surface area (Å²) in [6, 6.07) is 5.61. The molecule has 1 aromatic heterocycles. The third-order valence-corrected chi connectivity index (χ3v) is 6.32. The zero-order chi connectivity index (χ0) is 22.1. The summed E-state index contributed by atoms with van der Waals surface area (Å²) in [6.45, 7) is 2.60. The third-order valence-electron chi connectivity index (χ3n) is 6.32. The summed E-state index contributed by atoms with van der Waals surface area (Å²) >= 11 is 0. The molecule has 0 saturated carbocycles. The number of benzene rings is 1. The maximum atomic E-state index is 13.6. The third kappa shape index (κ3) is 3.87. The molecule has 1 unspecified atom stereocenters. The summed E-state index contributed by atoms with van der Waals surface area (Å²) in [6.07, 6.45) is 4.64. The summed E-state index contributed by atoms with van der Waals surface area (Å²) in [4.78, 5) is 42.4. The molecule has 0 spiro atoms. The lowest BCUT2D eigenvalue weighted by atomic mass is 9.95. The van der Waals surface area contributed by atoms with E-state index in [1.54, 1.807) is 11.1 Å². The first-order valence-corrected chi connectivity index (χ1v) is 10.7. The number of likely N-dealkylation sites (tertiary alicyclic amines) is 1. The molecule has 1 N–H and O–H groups in total. The van der Waals surface area contributed by atoms with Crippen LogP contribution in [-0.4, -0.2) is 57.0 Å². The van der Waals surface area contributed by atoms with Crippen molar-refractivity contribution in [1.29, 1.82) is 0 Å². The average Bonchev–Trinajstić information content (AvgIpc) is 3.27. The highest BCUT2D eigenvalue weighted by Gasteiger charge is 2.34. The molecule has 0 bridgehead atoms. The zero-order valence-corrected chi connectivity index (χ0v) is 17.5. The van der Waals surface area contributed by atoms with Crippen LogP contribution in [0.1, 0.15) is 47.7 Å². The molecule has 4 rings (SSSR count). The van der Waals surface area contributed by atoms with E-state index in [-0.39, 0.29) is 24.1 Å². The molecule has 0 aliphatic carbocycles. The highest BCUT2D eigenvalue weighted by Crippen LogP contribution is 2.27. The van der Waals surface area contributed by atoms with Crippen molar-refractivity contribution in [2.75, 3.05) is 19.7 Å². The number of amides is 2. The molecular weight excluding hydrogens is 401 g/mol. The predicted molar refractivity (Wildman–Crippen MR) is 113 cm³/mol. The van der Waals surface area contributed by atoms with Crippen LogP contribution >= 0.6 is 0 Å². The van der Waals surface area contributed by atoms with Gasteiger partial charge >= 0.3 is 0 Å². The molecule has 2 amide bonds. The fourth-order valence-electron chi connectivity index (χ4n) is 4.65. The van der Waals surface area contributed by atoms with Crippen molar-refractivity contribution < 1.29 is 19.1 Å². The molecule has 2 aliphatic heterocycles. The van der Waals surface area contributed by atoms with Crippen LogP contribution in [0, 0.1) is 5.82 Å². The zero-order valence-electron chi connectivity index (χ0n) is 17.5. The predicted octanol–water partition coefficient (Wildman–Crippen LogP) is 1.87. The Kier molecular flexibility index (Phi) is 5.91. The van der Waals surface area contributed by atoms with Crippen LogP contribution in [0.5, 0.6) is 0 Å². The molecule has 1 aromatic carbocycles. The van der Waals surface area contributed by atoms with E-state index in [9.17, 15) is 23.9 Å². The van der Waals surface area contributed by atoms with Gasteiger partial charge in [0.1, 0.15) is 18.0 Å². The minimum absolute atomic E-state index is 0.109. The summed E-state index contributed by atoms with van der Waals surface area (Å²) in [5.74, 6) is -1.10. The molecule has 1 saturated heterocycles. The number of nitrogens with zero attached hydrogens (tertiary/aromatic N) is 3. The minimum atomic E-state index is -0.593. The largest absolute Gasteiger partial charge is 0.387 e. The Morgan fingerprint density at radius 1 is 1.19 bits per heavy atom. The highest BCUT2D eigenvalue weighted by molar-refractivity contribution is 5.96. The smallest absolute Gasteiger partial charge is 0.268 e. The molecule has 3 heterocycles. The Bertz CT molecular complexity index is 1060. The molecular formula is C23H26FN3O4. The van der Waals surface area contributed by atoms with E-state index >= 15 is 0 Å². The Labute approximate surface area is 179 Å². The number of carbonyl (C=O) groups excluding carboxylic acids is 2. The molecule has 31 heavy (non-hydrogen) atoms. The number of carbonyl (C=O) groups is 2. The number of halogens is 1. The SMILES string of the molecule is CCC1CCCN1C(=O)c1c2c(cn(-c3ccc(F)cc3)c1=O)CN(C(=O)CO)CC2. The van der Waals surface area contributed by atoms with E-state index in [4.69, 9.17) is 0 Å². The second-order valence-electron chi connectivity index (χ2n) is 8.09. The lowest BCUT2D eigenvalue weighted by Crippen LogP contribution is -2.44. The van der Waals surface area contributed by atoms with E-state index in [0.29, 0.717) is 36.3 Å². The van der Waals surface area contributed by atoms with Crippen LogP contribution in [-0.2, 0) is 17.8 Å². The molecule has 2 aromatic rings. The van der Waals surface area contributed by atoms with Gasteiger partial charge < -0.3 is 14.9 Å².